The number of amides is 2. The third kappa shape index (κ3) is 2.19. The van der Waals surface area contributed by atoms with Crippen LogP contribution >= 0.6 is 0 Å². The molecular formula is C17H18N2O3. The van der Waals surface area contributed by atoms with Crippen LogP contribution in [-0.2, 0) is 16.8 Å². The number of nitrogens with one attached hydrogen (secondary N) is 1. The van der Waals surface area contributed by atoms with Crippen molar-refractivity contribution in [1.29, 1.82) is 0 Å². The Balaban J connectivity index is 1.83. The van der Waals surface area contributed by atoms with Crippen LogP contribution in [0.4, 0.5) is 5.69 Å². The van der Waals surface area contributed by atoms with Crippen LogP contribution < -0.4 is 10.2 Å². The first-order valence-corrected chi connectivity index (χ1v) is 7.14. The highest BCUT2D eigenvalue weighted by molar-refractivity contribution is 6.08. The molecule has 1 aromatic carbocycles. The number of hydrogen-bond donors (Lipinski definition) is 1. The van der Waals surface area contributed by atoms with E-state index in [0.717, 1.165) is 11.3 Å². The zero-order valence-electron chi connectivity index (χ0n) is 12.8. The van der Waals surface area contributed by atoms with E-state index in [1.165, 1.54) is 0 Å². The predicted octanol–water partition coefficient (Wildman–Crippen LogP) is 2.46. The molecule has 1 aromatic heterocycles. The van der Waals surface area contributed by atoms with Gasteiger partial charge in [-0.2, -0.15) is 0 Å². The Hall–Kier alpha value is -2.56. The van der Waals surface area contributed by atoms with E-state index in [0.29, 0.717) is 17.9 Å². The molecule has 0 aliphatic carbocycles. The minimum absolute atomic E-state index is 0.0376. The molecule has 0 fully saturated rings. The molecule has 22 heavy (non-hydrogen) atoms. The first-order valence-electron chi connectivity index (χ1n) is 7.14. The van der Waals surface area contributed by atoms with Crippen molar-refractivity contribution in [3.8, 4) is 0 Å². The fourth-order valence-corrected chi connectivity index (χ4v) is 2.80. The van der Waals surface area contributed by atoms with Gasteiger partial charge in [-0.1, -0.05) is 0 Å². The van der Waals surface area contributed by atoms with E-state index >= 15 is 0 Å². The van der Waals surface area contributed by atoms with Gasteiger partial charge in [-0.15, -0.1) is 0 Å². The van der Waals surface area contributed by atoms with Crippen LogP contribution in [0.2, 0.25) is 0 Å². The highest BCUT2D eigenvalue weighted by atomic mass is 16.3. The minimum atomic E-state index is -0.610. The standard InChI is InChI=1S/C17H18N2O3/c1-17(2)13-9-11(6-7-14(13)19(3)16(17)21)15(20)18-10-12-5-4-8-22-12/h4-9H,10H2,1-3H3,(H,18,20). The zero-order chi connectivity index (χ0) is 15.9. The molecule has 5 nitrogen and oxygen atoms in total. The van der Waals surface area contributed by atoms with Crippen molar-refractivity contribution in [3.05, 3.63) is 53.5 Å². The van der Waals surface area contributed by atoms with Crippen LogP contribution in [0.25, 0.3) is 0 Å². The van der Waals surface area contributed by atoms with Crippen LogP contribution in [0.1, 0.15) is 35.5 Å². The molecule has 0 unspecified atom stereocenters. The van der Waals surface area contributed by atoms with Gasteiger partial charge < -0.3 is 14.6 Å². The molecule has 1 aliphatic rings. The van der Waals surface area contributed by atoms with Gasteiger partial charge in [0.1, 0.15) is 5.76 Å². The summed E-state index contributed by atoms with van der Waals surface area (Å²) in [5.74, 6) is 0.553. The molecule has 114 valence electrons. The highest BCUT2D eigenvalue weighted by Gasteiger charge is 2.42. The average Bonchev–Trinajstić information content (AvgIpc) is 3.08. The smallest absolute Gasteiger partial charge is 0.251 e. The molecule has 5 heteroatoms. The maximum absolute atomic E-state index is 12.3. The molecule has 2 amide bonds. The number of rotatable bonds is 3. The summed E-state index contributed by atoms with van der Waals surface area (Å²) in [6.45, 7) is 4.09. The van der Waals surface area contributed by atoms with Crippen molar-refractivity contribution < 1.29 is 14.0 Å². The number of hydrogen-bond acceptors (Lipinski definition) is 3. The molecule has 2 aromatic rings. The molecule has 2 heterocycles. The normalized spacial score (nSPS) is 15.8. The number of anilines is 1. The second-order valence-electron chi connectivity index (χ2n) is 5.98. The summed E-state index contributed by atoms with van der Waals surface area (Å²) in [6.07, 6.45) is 1.57. The first kappa shape index (κ1) is 14.4. The molecule has 0 saturated carbocycles. The average molecular weight is 298 g/mol. The van der Waals surface area contributed by atoms with Crippen LogP contribution in [0.3, 0.4) is 0 Å². The van der Waals surface area contributed by atoms with E-state index in [-0.39, 0.29) is 11.8 Å². The fraction of sp³-hybridized carbons (Fsp3) is 0.294. The second-order valence-corrected chi connectivity index (χ2v) is 5.98. The number of fused-ring (bicyclic) bond motifs is 1. The van der Waals surface area contributed by atoms with Crippen molar-refractivity contribution in [1.82, 2.24) is 5.32 Å². The Morgan fingerprint density at radius 1 is 1.32 bits per heavy atom. The molecule has 1 aliphatic heterocycles. The van der Waals surface area contributed by atoms with Gasteiger partial charge >= 0.3 is 0 Å². The van der Waals surface area contributed by atoms with Crippen molar-refractivity contribution >= 4 is 17.5 Å². The summed E-state index contributed by atoms with van der Waals surface area (Å²) in [5.41, 5.74) is 1.67. The van der Waals surface area contributed by atoms with Gasteiger partial charge in [0, 0.05) is 18.3 Å². The Morgan fingerprint density at radius 2 is 2.09 bits per heavy atom. The Labute approximate surface area is 128 Å². The molecule has 3 rings (SSSR count). The maximum atomic E-state index is 12.3. The van der Waals surface area contributed by atoms with E-state index in [1.54, 1.807) is 42.5 Å². The highest BCUT2D eigenvalue weighted by Crippen LogP contribution is 2.40. The first-order chi connectivity index (χ1) is 10.4. The van der Waals surface area contributed by atoms with Gasteiger partial charge in [-0.3, -0.25) is 9.59 Å². The molecule has 0 radical (unpaired) electrons. The molecule has 0 atom stereocenters. The van der Waals surface area contributed by atoms with Crippen molar-refractivity contribution in [2.24, 2.45) is 0 Å². The van der Waals surface area contributed by atoms with E-state index in [2.05, 4.69) is 5.32 Å². The van der Waals surface area contributed by atoms with E-state index in [9.17, 15) is 9.59 Å². The third-order valence-corrected chi connectivity index (χ3v) is 4.14. The summed E-state index contributed by atoms with van der Waals surface area (Å²) in [6, 6.07) is 8.94. The SMILES string of the molecule is CN1C(=O)C(C)(C)c2cc(C(=O)NCc3ccco3)ccc21. The molecule has 1 N–H and O–H groups in total. The molecular weight excluding hydrogens is 280 g/mol. The van der Waals surface area contributed by atoms with Crippen LogP contribution in [-0.4, -0.2) is 18.9 Å². The number of nitrogens with zero attached hydrogens (tertiary/aromatic N) is 1. The number of carbonyl (C=O) groups excluding carboxylic acids is 2. The predicted molar refractivity (Wildman–Crippen MR) is 82.8 cm³/mol. The number of benzene rings is 1. The lowest BCUT2D eigenvalue weighted by atomic mass is 9.85. The van der Waals surface area contributed by atoms with Crippen molar-refractivity contribution in [3.63, 3.8) is 0 Å². The zero-order valence-corrected chi connectivity index (χ0v) is 12.8. The molecule has 0 saturated heterocycles. The van der Waals surface area contributed by atoms with Gasteiger partial charge in [0.15, 0.2) is 0 Å². The summed E-state index contributed by atoms with van der Waals surface area (Å²) in [5, 5.41) is 2.81. The quantitative estimate of drug-likeness (QED) is 0.947. The van der Waals surface area contributed by atoms with Gasteiger partial charge in [0.25, 0.3) is 5.91 Å². The minimum Gasteiger partial charge on any atom is -0.467 e. The van der Waals surface area contributed by atoms with Crippen molar-refractivity contribution in [2.45, 2.75) is 25.8 Å². The summed E-state index contributed by atoms with van der Waals surface area (Å²) < 4.78 is 5.19. The molecule has 0 bridgehead atoms. The second kappa shape index (κ2) is 5.02. The largest absolute Gasteiger partial charge is 0.467 e. The summed E-state index contributed by atoms with van der Waals surface area (Å²) in [4.78, 5) is 26.2. The Bertz CT molecular complexity index is 732. The van der Waals surface area contributed by atoms with E-state index in [4.69, 9.17) is 4.42 Å². The third-order valence-electron chi connectivity index (χ3n) is 4.14. The summed E-state index contributed by atoms with van der Waals surface area (Å²) in [7, 11) is 1.76. The fourth-order valence-electron chi connectivity index (χ4n) is 2.80. The van der Waals surface area contributed by atoms with Gasteiger partial charge in [-0.05, 0) is 49.7 Å². The topological polar surface area (TPSA) is 62.6 Å². The number of carbonyl (C=O) groups is 2. The number of furan rings is 1. The number of likely N-dealkylation sites (N-methyl/N-ethyl adjacent to an activating group) is 1. The Morgan fingerprint density at radius 3 is 2.77 bits per heavy atom. The lowest BCUT2D eigenvalue weighted by molar-refractivity contribution is -0.121. The summed E-state index contributed by atoms with van der Waals surface area (Å²) >= 11 is 0. The maximum Gasteiger partial charge on any atom is 0.251 e. The van der Waals surface area contributed by atoms with Crippen LogP contribution in [0.15, 0.2) is 41.0 Å². The van der Waals surface area contributed by atoms with Crippen LogP contribution in [0.5, 0.6) is 0 Å². The molecule has 0 spiro atoms. The van der Waals surface area contributed by atoms with Gasteiger partial charge in [0.2, 0.25) is 5.91 Å². The van der Waals surface area contributed by atoms with Crippen molar-refractivity contribution in [2.75, 3.05) is 11.9 Å². The van der Waals surface area contributed by atoms with Gasteiger partial charge in [0.05, 0.1) is 18.2 Å². The Kier molecular flexibility index (Phi) is 3.28. The van der Waals surface area contributed by atoms with E-state index < -0.39 is 5.41 Å². The lowest BCUT2D eigenvalue weighted by Crippen LogP contribution is -2.33. The van der Waals surface area contributed by atoms with E-state index in [1.807, 2.05) is 19.9 Å². The van der Waals surface area contributed by atoms with Crippen LogP contribution in [0, 0.1) is 0 Å². The lowest BCUT2D eigenvalue weighted by Gasteiger charge is -2.16. The monoisotopic (exact) mass is 298 g/mol. The van der Waals surface area contributed by atoms with Gasteiger partial charge in [-0.25, -0.2) is 0 Å².